The van der Waals surface area contributed by atoms with Gasteiger partial charge in [0.1, 0.15) is 6.10 Å². The molecule has 0 spiro atoms. The lowest BCUT2D eigenvalue weighted by Gasteiger charge is -2.27. The number of hydrogen-bond acceptors (Lipinski definition) is 4. The highest BCUT2D eigenvalue weighted by Crippen LogP contribution is 2.24. The molecule has 4 nitrogen and oxygen atoms in total. The number of methoxy groups -OCH3 is 1. The third-order valence-electron chi connectivity index (χ3n) is 3.75. The van der Waals surface area contributed by atoms with Crippen molar-refractivity contribution in [2.24, 2.45) is 0 Å². The van der Waals surface area contributed by atoms with Crippen LogP contribution in [0.2, 0.25) is 0 Å². The molecule has 0 radical (unpaired) electrons. The molecule has 0 unspecified atom stereocenters. The first-order valence-corrected chi connectivity index (χ1v) is 6.95. The Balaban J connectivity index is 2.01. The van der Waals surface area contributed by atoms with Crippen LogP contribution in [-0.4, -0.2) is 31.1 Å². The van der Waals surface area contributed by atoms with Crippen LogP contribution >= 0.6 is 0 Å². The lowest BCUT2D eigenvalue weighted by Crippen LogP contribution is -2.28. The summed E-state index contributed by atoms with van der Waals surface area (Å²) in [6, 6.07) is 6.78. The van der Waals surface area contributed by atoms with E-state index in [9.17, 15) is 9.59 Å². The van der Waals surface area contributed by atoms with Crippen molar-refractivity contribution in [2.75, 3.05) is 7.11 Å². The second-order valence-electron chi connectivity index (χ2n) is 5.14. The Morgan fingerprint density at radius 1 is 1.00 bits per heavy atom. The summed E-state index contributed by atoms with van der Waals surface area (Å²) in [5.74, 6) is -0.530. The zero-order valence-electron chi connectivity index (χ0n) is 11.9. The summed E-state index contributed by atoms with van der Waals surface area (Å²) in [4.78, 5) is 23.7. The Bertz CT molecular complexity index is 487. The Morgan fingerprint density at radius 2 is 1.55 bits per heavy atom. The van der Waals surface area contributed by atoms with Crippen molar-refractivity contribution in [3.8, 4) is 0 Å². The Hall–Kier alpha value is -1.68. The van der Waals surface area contributed by atoms with Crippen molar-refractivity contribution in [3.63, 3.8) is 0 Å². The minimum atomic E-state index is -0.406. The van der Waals surface area contributed by atoms with Gasteiger partial charge in [0, 0.05) is 12.7 Å². The number of esters is 1. The number of hydrogen-bond donors (Lipinski definition) is 0. The average molecular weight is 276 g/mol. The van der Waals surface area contributed by atoms with Crippen molar-refractivity contribution in [2.45, 2.75) is 44.8 Å². The lowest BCUT2D eigenvalue weighted by molar-refractivity contribution is -0.00548. The smallest absolute Gasteiger partial charge is 0.339 e. The molecule has 2 rings (SSSR count). The van der Waals surface area contributed by atoms with Crippen LogP contribution in [0.15, 0.2) is 24.3 Å². The summed E-state index contributed by atoms with van der Waals surface area (Å²) >= 11 is 0. The van der Waals surface area contributed by atoms with Gasteiger partial charge >= 0.3 is 5.97 Å². The molecule has 108 valence electrons. The van der Waals surface area contributed by atoms with E-state index in [1.807, 2.05) is 0 Å². The number of carbonyl (C=O) groups excluding carboxylic acids is 2. The number of benzene rings is 1. The maximum Gasteiger partial charge on any atom is 0.339 e. The van der Waals surface area contributed by atoms with Gasteiger partial charge in [-0.05, 0) is 38.7 Å². The quantitative estimate of drug-likeness (QED) is 0.626. The molecule has 1 saturated carbocycles. The van der Waals surface area contributed by atoms with E-state index in [2.05, 4.69) is 0 Å². The average Bonchev–Trinajstić information content (AvgIpc) is 2.48. The summed E-state index contributed by atoms with van der Waals surface area (Å²) < 4.78 is 10.8. The molecule has 0 saturated heterocycles. The standard InChI is InChI=1S/C16H20O4/c1-11(17)14-5-3-4-6-15(14)16(18)20-13-9-7-12(19-2)8-10-13/h3-6,12-13H,7-10H2,1-2H3. The number of rotatable bonds is 4. The molecule has 1 fully saturated rings. The maximum absolute atomic E-state index is 12.2. The highest BCUT2D eigenvalue weighted by molar-refractivity contribution is 6.05. The second-order valence-corrected chi connectivity index (χ2v) is 5.14. The van der Waals surface area contributed by atoms with Crippen molar-refractivity contribution < 1.29 is 19.1 Å². The van der Waals surface area contributed by atoms with Gasteiger partial charge in [0.05, 0.1) is 11.7 Å². The van der Waals surface area contributed by atoms with Gasteiger partial charge in [0.15, 0.2) is 5.78 Å². The molecule has 4 heteroatoms. The van der Waals surface area contributed by atoms with Crippen LogP contribution in [0.25, 0.3) is 0 Å². The number of Topliss-reactive ketones (excluding diaryl/α,β-unsaturated/α-hetero) is 1. The molecule has 0 amide bonds. The van der Waals surface area contributed by atoms with E-state index < -0.39 is 5.97 Å². The predicted octanol–water partition coefficient (Wildman–Crippen LogP) is 3.00. The summed E-state index contributed by atoms with van der Waals surface area (Å²) in [6.07, 6.45) is 3.63. The highest BCUT2D eigenvalue weighted by Gasteiger charge is 2.25. The van der Waals surface area contributed by atoms with Crippen LogP contribution in [0.3, 0.4) is 0 Å². The number of ketones is 1. The molecule has 0 bridgehead atoms. The SMILES string of the molecule is COC1CCC(OC(=O)c2ccccc2C(C)=O)CC1. The minimum Gasteiger partial charge on any atom is -0.459 e. The Morgan fingerprint density at radius 3 is 2.10 bits per heavy atom. The maximum atomic E-state index is 12.2. The summed E-state index contributed by atoms with van der Waals surface area (Å²) in [6.45, 7) is 1.45. The van der Waals surface area contributed by atoms with Gasteiger partial charge < -0.3 is 9.47 Å². The third-order valence-corrected chi connectivity index (χ3v) is 3.75. The van der Waals surface area contributed by atoms with E-state index >= 15 is 0 Å². The molecule has 0 atom stereocenters. The summed E-state index contributed by atoms with van der Waals surface area (Å²) in [5, 5.41) is 0. The molecule has 0 aromatic heterocycles. The van der Waals surface area contributed by atoms with Crippen LogP contribution in [0.4, 0.5) is 0 Å². The summed E-state index contributed by atoms with van der Waals surface area (Å²) in [5.41, 5.74) is 0.775. The normalized spacial score (nSPS) is 22.3. The molecule has 1 aliphatic rings. The van der Waals surface area contributed by atoms with E-state index in [-0.39, 0.29) is 18.0 Å². The van der Waals surface area contributed by atoms with E-state index in [0.717, 1.165) is 25.7 Å². The van der Waals surface area contributed by atoms with Crippen molar-refractivity contribution in [3.05, 3.63) is 35.4 Å². The van der Waals surface area contributed by atoms with E-state index in [4.69, 9.17) is 9.47 Å². The van der Waals surface area contributed by atoms with Crippen LogP contribution in [-0.2, 0) is 9.47 Å². The zero-order valence-corrected chi connectivity index (χ0v) is 11.9. The predicted molar refractivity (Wildman–Crippen MR) is 74.9 cm³/mol. The Labute approximate surface area is 119 Å². The number of ether oxygens (including phenoxy) is 2. The van der Waals surface area contributed by atoms with E-state index in [1.54, 1.807) is 31.4 Å². The highest BCUT2D eigenvalue weighted by atomic mass is 16.5. The Kier molecular flexibility index (Phi) is 4.90. The van der Waals surface area contributed by atoms with Crippen LogP contribution in [0.1, 0.15) is 53.3 Å². The van der Waals surface area contributed by atoms with Gasteiger partial charge in [-0.2, -0.15) is 0 Å². The number of carbonyl (C=O) groups is 2. The molecular weight excluding hydrogens is 256 g/mol. The monoisotopic (exact) mass is 276 g/mol. The van der Waals surface area contributed by atoms with Gasteiger partial charge in [-0.3, -0.25) is 4.79 Å². The minimum absolute atomic E-state index is 0.0751. The second kappa shape index (κ2) is 6.66. The fourth-order valence-corrected chi connectivity index (χ4v) is 2.57. The van der Waals surface area contributed by atoms with Gasteiger partial charge in [0.2, 0.25) is 0 Å². The van der Waals surface area contributed by atoms with Crippen LogP contribution in [0.5, 0.6) is 0 Å². The van der Waals surface area contributed by atoms with Crippen LogP contribution < -0.4 is 0 Å². The molecular formula is C16H20O4. The molecule has 20 heavy (non-hydrogen) atoms. The molecule has 0 heterocycles. The molecule has 0 aliphatic heterocycles. The van der Waals surface area contributed by atoms with Crippen molar-refractivity contribution >= 4 is 11.8 Å². The summed E-state index contributed by atoms with van der Waals surface area (Å²) in [7, 11) is 1.71. The molecule has 0 N–H and O–H groups in total. The van der Waals surface area contributed by atoms with Crippen LogP contribution in [0, 0.1) is 0 Å². The van der Waals surface area contributed by atoms with Gasteiger partial charge in [-0.15, -0.1) is 0 Å². The van der Waals surface area contributed by atoms with Gasteiger partial charge in [-0.25, -0.2) is 4.79 Å². The van der Waals surface area contributed by atoms with E-state index in [1.165, 1.54) is 6.92 Å². The van der Waals surface area contributed by atoms with Gasteiger partial charge in [-0.1, -0.05) is 18.2 Å². The lowest BCUT2D eigenvalue weighted by atomic mass is 9.95. The van der Waals surface area contributed by atoms with Crippen molar-refractivity contribution in [1.82, 2.24) is 0 Å². The van der Waals surface area contributed by atoms with Crippen molar-refractivity contribution in [1.29, 1.82) is 0 Å². The van der Waals surface area contributed by atoms with Gasteiger partial charge in [0.25, 0.3) is 0 Å². The third kappa shape index (κ3) is 3.45. The molecule has 1 aromatic rings. The first kappa shape index (κ1) is 14.7. The fourth-order valence-electron chi connectivity index (χ4n) is 2.57. The topological polar surface area (TPSA) is 52.6 Å². The zero-order chi connectivity index (χ0) is 14.5. The first-order chi connectivity index (χ1) is 9.61. The fraction of sp³-hybridized carbons (Fsp3) is 0.500. The largest absolute Gasteiger partial charge is 0.459 e. The molecule has 1 aliphatic carbocycles. The molecule has 1 aromatic carbocycles. The first-order valence-electron chi connectivity index (χ1n) is 6.95. The van der Waals surface area contributed by atoms with E-state index in [0.29, 0.717) is 11.1 Å².